The minimum Gasteiger partial charge on any atom is -0.344 e. The summed E-state index contributed by atoms with van der Waals surface area (Å²) in [5.74, 6) is 0. The van der Waals surface area contributed by atoms with E-state index in [4.69, 9.17) is 16.1 Å². The Morgan fingerprint density at radius 1 is 1.58 bits per heavy atom. The first-order valence-corrected chi connectivity index (χ1v) is 3.74. The summed E-state index contributed by atoms with van der Waals surface area (Å²) in [6, 6.07) is 1.65. The third-order valence-electron chi connectivity index (χ3n) is 1.56. The maximum Gasteiger partial charge on any atom is 0.226 e. The summed E-state index contributed by atoms with van der Waals surface area (Å²) in [4.78, 5) is 3.95. The van der Waals surface area contributed by atoms with Crippen molar-refractivity contribution in [2.75, 3.05) is 0 Å². The monoisotopic (exact) mass is 183 g/mol. The Bertz CT molecular complexity index is 393. The number of halogens is 1. The van der Waals surface area contributed by atoms with E-state index in [-0.39, 0.29) is 5.22 Å². The summed E-state index contributed by atoms with van der Waals surface area (Å²) in [5, 5.41) is 4.03. The van der Waals surface area contributed by atoms with Crippen molar-refractivity contribution in [1.82, 2.24) is 14.7 Å². The van der Waals surface area contributed by atoms with E-state index >= 15 is 0 Å². The molecule has 0 aliphatic rings. The second-order valence-corrected chi connectivity index (χ2v) is 2.78. The van der Waals surface area contributed by atoms with Gasteiger partial charge >= 0.3 is 0 Å². The number of imidazole rings is 1. The van der Waals surface area contributed by atoms with Gasteiger partial charge in [0.25, 0.3) is 0 Å². The molecule has 0 radical (unpaired) electrons. The van der Waals surface area contributed by atoms with Crippen molar-refractivity contribution < 1.29 is 4.52 Å². The second-order valence-electron chi connectivity index (χ2n) is 2.41. The van der Waals surface area contributed by atoms with Gasteiger partial charge in [-0.15, -0.1) is 0 Å². The topological polar surface area (TPSA) is 43.9 Å². The fourth-order valence-electron chi connectivity index (χ4n) is 0.978. The number of rotatable bonds is 1. The minimum absolute atomic E-state index is 0.284. The van der Waals surface area contributed by atoms with E-state index in [2.05, 4.69) is 10.1 Å². The molecule has 2 aromatic heterocycles. The highest BCUT2D eigenvalue weighted by molar-refractivity contribution is 6.29. The van der Waals surface area contributed by atoms with Gasteiger partial charge in [-0.1, -0.05) is 5.16 Å². The van der Waals surface area contributed by atoms with E-state index in [1.807, 2.05) is 11.6 Å². The summed E-state index contributed by atoms with van der Waals surface area (Å²) in [7, 11) is 1.88. The normalized spacial score (nSPS) is 10.5. The van der Waals surface area contributed by atoms with E-state index in [0.717, 1.165) is 5.69 Å². The van der Waals surface area contributed by atoms with Crippen LogP contribution in [0, 0.1) is 0 Å². The van der Waals surface area contributed by atoms with Gasteiger partial charge in [-0.3, -0.25) is 0 Å². The number of nitrogens with zero attached hydrogens (tertiary/aromatic N) is 3. The molecule has 0 saturated carbocycles. The zero-order valence-electron chi connectivity index (χ0n) is 6.36. The molecule has 0 aliphatic carbocycles. The Morgan fingerprint density at radius 3 is 2.92 bits per heavy atom. The molecular weight excluding hydrogens is 178 g/mol. The summed E-state index contributed by atoms with van der Waals surface area (Å²) < 4.78 is 6.56. The number of hydrogen-bond acceptors (Lipinski definition) is 3. The highest BCUT2D eigenvalue weighted by atomic mass is 35.5. The van der Waals surface area contributed by atoms with Gasteiger partial charge in [0.05, 0.1) is 18.2 Å². The Hall–Kier alpha value is -1.29. The zero-order valence-corrected chi connectivity index (χ0v) is 7.12. The van der Waals surface area contributed by atoms with Crippen molar-refractivity contribution in [3.8, 4) is 11.4 Å². The SMILES string of the molecule is Cn1cncc1-c1cc(Cl)on1. The van der Waals surface area contributed by atoms with Crippen LogP contribution < -0.4 is 0 Å². The lowest BCUT2D eigenvalue weighted by molar-refractivity contribution is 0.423. The van der Waals surface area contributed by atoms with E-state index < -0.39 is 0 Å². The molecule has 62 valence electrons. The Balaban J connectivity index is 2.50. The quantitative estimate of drug-likeness (QED) is 0.676. The predicted octanol–water partition coefficient (Wildman–Crippen LogP) is 1.73. The fraction of sp³-hybridized carbons (Fsp3) is 0.143. The molecule has 5 heteroatoms. The van der Waals surface area contributed by atoms with Crippen molar-refractivity contribution in [3.05, 3.63) is 23.8 Å². The van der Waals surface area contributed by atoms with E-state index in [1.54, 1.807) is 18.6 Å². The summed E-state index contributed by atoms with van der Waals surface area (Å²) in [5.41, 5.74) is 1.57. The van der Waals surface area contributed by atoms with Gasteiger partial charge in [0.2, 0.25) is 5.22 Å². The van der Waals surface area contributed by atoms with Gasteiger partial charge in [0, 0.05) is 13.1 Å². The van der Waals surface area contributed by atoms with Crippen LogP contribution in [0.15, 0.2) is 23.1 Å². The van der Waals surface area contributed by atoms with E-state index in [0.29, 0.717) is 5.69 Å². The van der Waals surface area contributed by atoms with Crippen LogP contribution in [0.2, 0.25) is 5.22 Å². The lowest BCUT2D eigenvalue weighted by Gasteiger charge is -1.93. The standard InChI is InChI=1S/C7H6ClN3O/c1-11-4-9-3-6(11)5-2-7(8)12-10-5/h2-4H,1H3. The molecule has 12 heavy (non-hydrogen) atoms. The fourth-order valence-corrected chi connectivity index (χ4v) is 1.12. The summed E-state index contributed by atoms with van der Waals surface area (Å²) in [6.45, 7) is 0. The van der Waals surface area contributed by atoms with Gasteiger partial charge in [-0.2, -0.15) is 0 Å². The lowest BCUT2D eigenvalue weighted by Crippen LogP contribution is -1.88. The van der Waals surface area contributed by atoms with Crippen LogP contribution in [-0.4, -0.2) is 14.7 Å². The minimum atomic E-state index is 0.284. The number of hydrogen-bond donors (Lipinski definition) is 0. The molecule has 0 N–H and O–H groups in total. The van der Waals surface area contributed by atoms with Crippen LogP contribution in [0.1, 0.15) is 0 Å². The van der Waals surface area contributed by atoms with Crippen LogP contribution in [0.3, 0.4) is 0 Å². The molecular formula is C7H6ClN3O. The molecule has 0 aliphatic heterocycles. The van der Waals surface area contributed by atoms with Crippen LogP contribution in [-0.2, 0) is 7.05 Å². The molecule has 0 atom stereocenters. The highest BCUT2D eigenvalue weighted by Crippen LogP contribution is 2.19. The molecule has 0 spiro atoms. The molecule has 2 heterocycles. The first kappa shape index (κ1) is 7.36. The second kappa shape index (κ2) is 2.64. The maximum atomic E-state index is 5.57. The smallest absolute Gasteiger partial charge is 0.226 e. The molecule has 0 unspecified atom stereocenters. The largest absolute Gasteiger partial charge is 0.344 e. The van der Waals surface area contributed by atoms with E-state index in [1.165, 1.54) is 0 Å². The summed E-state index contributed by atoms with van der Waals surface area (Å²) in [6.07, 6.45) is 3.39. The number of aryl methyl sites for hydroxylation is 1. The molecule has 0 bridgehead atoms. The maximum absolute atomic E-state index is 5.57. The molecule has 2 rings (SSSR count). The molecule has 0 amide bonds. The third-order valence-corrected chi connectivity index (χ3v) is 1.74. The molecule has 4 nitrogen and oxygen atoms in total. The first-order chi connectivity index (χ1) is 5.77. The predicted molar refractivity (Wildman–Crippen MR) is 43.7 cm³/mol. The van der Waals surface area contributed by atoms with Crippen molar-refractivity contribution in [3.63, 3.8) is 0 Å². The van der Waals surface area contributed by atoms with Gasteiger partial charge in [0.1, 0.15) is 5.69 Å². The van der Waals surface area contributed by atoms with Gasteiger partial charge in [0.15, 0.2) is 0 Å². The Kier molecular flexibility index (Phi) is 1.62. The van der Waals surface area contributed by atoms with Crippen LogP contribution in [0.25, 0.3) is 11.4 Å². The molecule has 0 fully saturated rings. The molecule has 0 aromatic carbocycles. The molecule has 2 aromatic rings. The Labute approximate surface area is 73.8 Å². The van der Waals surface area contributed by atoms with Crippen molar-refractivity contribution in [2.24, 2.45) is 7.05 Å². The average Bonchev–Trinajstić information content (AvgIpc) is 2.58. The average molecular weight is 184 g/mol. The van der Waals surface area contributed by atoms with Crippen molar-refractivity contribution in [2.45, 2.75) is 0 Å². The highest BCUT2D eigenvalue weighted by Gasteiger charge is 2.07. The van der Waals surface area contributed by atoms with Gasteiger partial charge in [-0.05, 0) is 11.6 Å². The third kappa shape index (κ3) is 1.10. The van der Waals surface area contributed by atoms with Crippen LogP contribution in [0.5, 0.6) is 0 Å². The first-order valence-electron chi connectivity index (χ1n) is 3.36. The van der Waals surface area contributed by atoms with E-state index in [9.17, 15) is 0 Å². The van der Waals surface area contributed by atoms with Gasteiger partial charge < -0.3 is 9.09 Å². The number of aromatic nitrogens is 3. The zero-order chi connectivity index (χ0) is 8.55. The summed E-state index contributed by atoms with van der Waals surface area (Å²) >= 11 is 5.57. The van der Waals surface area contributed by atoms with Crippen LogP contribution >= 0.6 is 11.6 Å². The Morgan fingerprint density at radius 2 is 2.42 bits per heavy atom. The van der Waals surface area contributed by atoms with Gasteiger partial charge in [-0.25, -0.2) is 4.98 Å². The molecule has 0 saturated heterocycles. The van der Waals surface area contributed by atoms with Crippen LogP contribution in [0.4, 0.5) is 0 Å². The lowest BCUT2D eigenvalue weighted by atomic mass is 10.3. The van der Waals surface area contributed by atoms with Crippen molar-refractivity contribution in [1.29, 1.82) is 0 Å². The van der Waals surface area contributed by atoms with Crippen molar-refractivity contribution >= 4 is 11.6 Å².